The van der Waals surface area contributed by atoms with E-state index in [4.69, 9.17) is 0 Å². The van der Waals surface area contributed by atoms with Gasteiger partial charge in [-0.2, -0.15) is 0 Å². The smallest absolute Gasteiger partial charge is 0.309 e. The van der Waals surface area contributed by atoms with Crippen molar-refractivity contribution in [2.45, 2.75) is 44.7 Å². The molecule has 2 fully saturated rings. The van der Waals surface area contributed by atoms with Crippen LogP contribution in [0.5, 0.6) is 0 Å². The Morgan fingerprint density at radius 3 is 2.71 bits per heavy atom. The molecule has 4 rings (SSSR count). The van der Waals surface area contributed by atoms with Crippen LogP contribution in [0.15, 0.2) is 24.4 Å². The van der Waals surface area contributed by atoms with Crippen molar-refractivity contribution >= 4 is 11.9 Å². The van der Waals surface area contributed by atoms with Gasteiger partial charge in [0.2, 0.25) is 0 Å². The van der Waals surface area contributed by atoms with Crippen LogP contribution in [0.3, 0.4) is 0 Å². The third kappa shape index (κ3) is 4.43. The molecule has 2 unspecified atom stereocenters. The fraction of sp³-hybridized carbons (Fsp3) is 0.524. The second kappa shape index (κ2) is 8.70. The number of halogens is 2. The maximum atomic E-state index is 14.0. The van der Waals surface area contributed by atoms with Crippen LogP contribution in [0.4, 0.5) is 8.78 Å². The molecule has 1 amide bonds. The van der Waals surface area contributed by atoms with Crippen LogP contribution in [0, 0.1) is 23.5 Å². The number of amides is 1. The maximum absolute atomic E-state index is 14.0. The van der Waals surface area contributed by atoms with Crippen LogP contribution >= 0.6 is 0 Å². The fourth-order valence-corrected chi connectivity index (χ4v) is 4.76. The topological polar surface area (TPSA) is 100 Å². The van der Waals surface area contributed by atoms with Crippen molar-refractivity contribution in [2.75, 3.05) is 13.1 Å². The van der Waals surface area contributed by atoms with E-state index in [-0.39, 0.29) is 11.4 Å². The molecule has 0 radical (unpaired) electrons. The molecule has 1 aliphatic heterocycles. The average Bonchev–Trinajstić information content (AvgIpc) is 3.37. The van der Waals surface area contributed by atoms with Crippen LogP contribution < -0.4 is 5.32 Å². The molecule has 1 aliphatic carbocycles. The summed E-state index contributed by atoms with van der Waals surface area (Å²) >= 11 is 0. The number of aliphatic carboxylic acids is 1. The number of piperidine rings is 1. The zero-order valence-corrected chi connectivity index (χ0v) is 17.2. The van der Waals surface area contributed by atoms with Gasteiger partial charge in [-0.05, 0) is 37.3 Å². The van der Waals surface area contributed by atoms with Crippen molar-refractivity contribution in [1.82, 2.24) is 25.2 Å². The van der Waals surface area contributed by atoms with Gasteiger partial charge in [0, 0.05) is 31.2 Å². The van der Waals surface area contributed by atoms with E-state index in [2.05, 4.69) is 27.5 Å². The first-order valence-corrected chi connectivity index (χ1v) is 10.5. The molecule has 1 aromatic heterocycles. The molecular formula is C21H25F2N5O3. The second-order valence-corrected chi connectivity index (χ2v) is 8.43. The summed E-state index contributed by atoms with van der Waals surface area (Å²) in [6, 6.07) is 2.85. The number of hydrogen-bond donors (Lipinski definition) is 2. The first kappa shape index (κ1) is 21.4. The third-order valence-electron chi connectivity index (χ3n) is 6.45. The Morgan fingerprint density at radius 1 is 1.23 bits per heavy atom. The standard InChI is InChI=1S/C21H25F2N5O3/c1-12-3-2-4-18(12)27-8-7-16(14(10-27)21(30)31)24-20(29)17-11-28(26-25-17)19-6-5-13(22)9-15(19)23/h5-6,9,11-12,14,16,18H,2-4,7-8,10H2,1H3,(H,24,29)(H,30,31)/t12?,14-,16-,18?/m1/s1. The number of hydrogen-bond acceptors (Lipinski definition) is 5. The quantitative estimate of drug-likeness (QED) is 0.750. The van der Waals surface area contributed by atoms with Gasteiger partial charge >= 0.3 is 5.97 Å². The number of rotatable bonds is 5. The lowest BCUT2D eigenvalue weighted by Crippen LogP contribution is -2.56. The summed E-state index contributed by atoms with van der Waals surface area (Å²) in [5.41, 5.74) is -0.116. The van der Waals surface area contributed by atoms with E-state index in [1.165, 1.54) is 12.3 Å². The molecule has 2 aliphatic rings. The number of benzene rings is 1. The van der Waals surface area contributed by atoms with Gasteiger partial charge in [-0.25, -0.2) is 13.5 Å². The fourth-order valence-electron chi connectivity index (χ4n) is 4.76. The minimum absolute atomic E-state index is 0.0460. The Bertz CT molecular complexity index is 982. The van der Waals surface area contributed by atoms with Crippen LogP contribution in [0.1, 0.15) is 43.1 Å². The molecule has 0 bridgehead atoms. The molecule has 2 heterocycles. The SMILES string of the molecule is CC1CCCC1N1CC[C@@H](NC(=O)c2cn(-c3ccc(F)cc3F)nn2)[C@H](C(=O)O)C1. The summed E-state index contributed by atoms with van der Waals surface area (Å²) in [4.78, 5) is 26.8. The summed E-state index contributed by atoms with van der Waals surface area (Å²) < 4.78 is 28.1. The van der Waals surface area contributed by atoms with Crippen LogP contribution in [0.2, 0.25) is 0 Å². The van der Waals surface area contributed by atoms with E-state index < -0.39 is 35.5 Å². The number of carbonyl (C=O) groups is 2. The van der Waals surface area contributed by atoms with Crippen molar-refractivity contribution in [3.63, 3.8) is 0 Å². The number of carbonyl (C=O) groups excluding carboxylic acids is 1. The zero-order valence-electron chi connectivity index (χ0n) is 17.2. The van der Waals surface area contributed by atoms with Gasteiger partial charge in [-0.15, -0.1) is 5.10 Å². The number of carboxylic acid groups (broad SMARTS) is 1. The van der Waals surface area contributed by atoms with Gasteiger partial charge in [-0.1, -0.05) is 18.6 Å². The van der Waals surface area contributed by atoms with Gasteiger partial charge in [-0.3, -0.25) is 14.5 Å². The summed E-state index contributed by atoms with van der Waals surface area (Å²) in [5.74, 6) is -3.27. The Hall–Kier alpha value is -2.88. The lowest BCUT2D eigenvalue weighted by molar-refractivity contribution is -0.145. The summed E-state index contributed by atoms with van der Waals surface area (Å²) in [6.07, 6.45) is 5.14. The molecule has 8 nitrogen and oxygen atoms in total. The van der Waals surface area contributed by atoms with Gasteiger partial charge in [0.15, 0.2) is 11.5 Å². The van der Waals surface area contributed by atoms with Gasteiger partial charge in [0.25, 0.3) is 5.91 Å². The Kier molecular flexibility index (Phi) is 5.99. The average molecular weight is 433 g/mol. The number of nitrogens with one attached hydrogen (secondary N) is 1. The lowest BCUT2D eigenvalue weighted by atomic mass is 9.89. The molecule has 1 saturated carbocycles. The monoisotopic (exact) mass is 433 g/mol. The van der Waals surface area contributed by atoms with Crippen LogP contribution in [-0.2, 0) is 4.79 Å². The second-order valence-electron chi connectivity index (χ2n) is 8.43. The maximum Gasteiger partial charge on any atom is 0.309 e. The Balaban J connectivity index is 1.44. The number of carboxylic acids is 1. The van der Waals surface area contributed by atoms with Crippen molar-refractivity contribution in [3.05, 3.63) is 41.7 Å². The Labute approximate surface area is 178 Å². The van der Waals surface area contributed by atoms with Gasteiger partial charge in [0.1, 0.15) is 11.5 Å². The highest BCUT2D eigenvalue weighted by molar-refractivity contribution is 5.92. The highest BCUT2D eigenvalue weighted by atomic mass is 19.1. The molecule has 31 heavy (non-hydrogen) atoms. The van der Waals surface area contributed by atoms with Crippen LogP contribution in [-0.4, -0.2) is 62.0 Å². The molecule has 1 saturated heterocycles. The van der Waals surface area contributed by atoms with Crippen molar-refractivity contribution in [1.29, 1.82) is 0 Å². The highest BCUT2D eigenvalue weighted by Crippen LogP contribution is 2.32. The summed E-state index contributed by atoms with van der Waals surface area (Å²) in [5, 5.41) is 20.0. The molecule has 2 N–H and O–H groups in total. The van der Waals surface area contributed by atoms with Crippen molar-refractivity contribution < 1.29 is 23.5 Å². The molecule has 166 valence electrons. The molecule has 4 atom stereocenters. The van der Waals surface area contributed by atoms with E-state index in [1.807, 2.05) is 0 Å². The number of likely N-dealkylation sites (tertiary alicyclic amines) is 1. The van der Waals surface area contributed by atoms with Crippen LogP contribution in [0.25, 0.3) is 5.69 Å². The van der Waals surface area contributed by atoms with Crippen molar-refractivity contribution in [3.8, 4) is 5.69 Å². The third-order valence-corrected chi connectivity index (χ3v) is 6.45. The molecule has 0 spiro atoms. The van der Waals surface area contributed by atoms with Crippen molar-refractivity contribution in [2.24, 2.45) is 11.8 Å². The number of nitrogens with zero attached hydrogens (tertiary/aromatic N) is 4. The predicted molar refractivity (Wildman–Crippen MR) is 107 cm³/mol. The highest BCUT2D eigenvalue weighted by Gasteiger charge is 2.40. The Morgan fingerprint density at radius 2 is 2.03 bits per heavy atom. The summed E-state index contributed by atoms with van der Waals surface area (Å²) in [7, 11) is 0. The minimum Gasteiger partial charge on any atom is -0.481 e. The van der Waals surface area contributed by atoms with E-state index in [9.17, 15) is 23.5 Å². The molecule has 1 aromatic carbocycles. The van der Waals surface area contributed by atoms with E-state index >= 15 is 0 Å². The largest absolute Gasteiger partial charge is 0.481 e. The van der Waals surface area contributed by atoms with E-state index in [1.54, 1.807) is 0 Å². The minimum atomic E-state index is -0.947. The van der Waals surface area contributed by atoms with E-state index in [0.717, 1.165) is 36.6 Å². The normalized spacial score (nSPS) is 26.7. The molecule has 10 heteroatoms. The van der Waals surface area contributed by atoms with Gasteiger partial charge < -0.3 is 10.4 Å². The number of aromatic nitrogens is 3. The lowest BCUT2D eigenvalue weighted by Gasteiger charge is -2.41. The summed E-state index contributed by atoms with van der Waals surface area (Å²) in [6.45, 7) is 3.31. The first-order valence-electron chi connectivity index (χ1n) is 10.5. The molecule has 2 aromatic rings. The molecular weight excluding hydrogens is 408 g/mol. The van der Waals surface area contributed by atoms with Gasteiger partial charge in [0.05, 0.1) is 12.1 Å². The predicted octanol–water partition coefficient (Wildman–Crippen LogP) is 2.24. The first-order chi connectivity index (χ1) is 14.8. The van der Waals surface area contributed by atoms with E-state index in [0.29, 0.717) is 31.0 Å². The zero-order chi connectivity index (χ0) is 22.1.